The molecule has 0 saturated carbocycles. The number of para-hydroxylation sites is 1. The van der Waals surface area contributed by atoms with E-state index in [4.69, 9.17) is 9.57 Å². The second-order valence-electron chi connectivity index (χ2n) is 11.4. The van der Waals surface area contributed by atoms with Crippen LogP contribution in [-0.2, 0) is 16.8 Å². The fraction of sp³-hybridized carbons (Fsp3) is 0.273. The summed E-state index contributed by atoms with van der Waals surface area (Å²) in [5.41, 5.74) is 3.48. The molecule has 9 heteroatoms. The van der Waals surface area contributed by atoms with Gasteiger partial charge in [-0.05, 0) is 76.4 Å². The molecule has 0 spiro atoms. The number of rotatable bonds is 9. The first-order valence-electron chi connectivity index (χ1n) is 13.8. The molecule has 5 rings (SSSR count). The van der Waals surface area contributed by atoms with Crippen molar-refractivity contribution >= 4 is 17.7 Å². The van der Waals surface area contributed by atoms with Crippen LogP contribution < -0.4 is 10.1 Å². The molecule has 0 saturated heterocycles. The number of fused-ring (bicyclic) bond motifs is 1. The normalized spacial score (nSPS) is 13.7. The summed E-state index contributed by atoms with van der Waals surface area (Å²) in [5.74, 6) is -0.608. The number of ether oxygens (including phenoxy) is 1. The van der Waals surface area contributed by atoms with Crippen LogP contribution in [0.5, 0.6) is 11.5 Å². The predicted molar refractivity (Wildman–Crippen MR) is 158 cm³/mol. The first kappa shape index (κ1) is 28.8. The van der Waals surface area contributed by atoms with E-state index in [1.807, 2.05) is 65.0 Å². The van der Waals surface area contributed by atoms with Gasteiger partial charge in [0.25, 0.3) is 17.7 Å². The van der Waals surface area contributed by atoms with Gasteiger partial charge in [0.15, 0.2) is 11.4 Å². The van der Waals surface area contributed by atoms with E-state index in [0.29, 0.717) is 17.9 Å². The maximum absolute atomic E-state index is 14.0. The topological polar surface area (TPSA) is 103 Å². The second kappa shape index (κ2) is 11.6. The van der Waals surface area contributed by atoms with Crippen LogP contribution in [0.15, 0.2) is 79.0 Å². The molecular weight excluding hydrogens is 532 g/mol. The zero-order valence-corrected chi connectivity index (χ0v) is 24.4. The van der Waals surface area contributed by atoms with E-state index in [0.717, 1.165) is 21.8 Å². The molecule has 1 N–H and O–H groups in total. The van der Waals surface area contributed by atoms with Crippen molar-refractivity contribution in [2.75, 3.05) is 6.61 Å². The van der Waals surface area contributed by atoms with Gasteiger partial charge in [-0.25, -0.2) is 0 Å². The van der Waals surface area contributed by atoms with Crippen LogP contribution in [0.1, 0.15) is 68.7 Å². The number of hydrogen-bond acceptors (Lipinski definition) is 6. The molecule has 2 heterocycles. The summed E-state index contributed by atoms with van der Waals surface area (Å²) in [6.07, 6.45) is 1.93. The van der Waals surface area contributed by atoms with Crippen molar-refractivity contribution in [2.24, 2.45) is 0 Å². The monoisotopic (exact) mass is 566 g/mol. The van der Waals surface area contributed by atoms with Crippen molar-refractivity contribution in [2.45, 2.75) is 52.6 Å². The fourth-order valence-electron chi connectivity index (χ4n) is 4.93. The van der Waals surface area contributed by atoms with Crippen molar-refractivity contribution < 1.29 is 24.0 Å². The molecule has 3 aromatic carbocycles. The number of hydrogen-bond donors (Lipinski definition) is 1. The molecule has 0 radical (unpaired) electrons. The molecule has 0 bridgehead atoms. The average molecular weight is 567 g/mol. The standard InChI is InChI=1S/C33H34N4O5/c1-21-15-16-23(22(2)17-21)18-24(20-41-36-31(39)26-13-9-10-14-27(26)32(36)40)35-30(38)29-28(19-34-37(29)33(3,4)5)42-25-11-7-6-8-12-25/h6-17,19,24H,18,20H2,1-5H3,(H,35,38). The fourth-order valence-corrected chi connectivity index (χ4v) is 4.93. The highest BCUT2D eigenvalue weighted by molar-refractivity contribution is 6.20. The lowest BCUT2D eigenvalue weighted by Gasteiger charge is -2.25. The minimum atomic E-state index is -0.601. The van der Waals surface area contributed by atoms with Crippen molar-refractivity contribution in [1.82, 2.24) is 20.2 Å². The van der Waals surface area contributed by atoms with Gasteiger partial charge in [0.1, 0.15) is 5.75 Å². The van der Waals surface area contributed by atoms with Gasteiger partial charge in [-0.3, -0.25) is 23.9 Å². The quantitative estimate of drug-likeness (QED) is 0.264. The van der Waals surface area contributed by atoms with Crippen molar-refractivity contribution in [3.63, 3.8) is 0 Å². The lowest BCUT2D eigenvalue weighted by Crippen LogP contribution is -2.44. The third-order valence-corrected chi connectivity index (χ3v) is 7.02. The Morgan fingerprint density at radius 1 is 0.929 bits per heavy atom. The lowest BCUT2D eigenvalue weighted by atomic mass is 9.99. The smallest absolute Gasteiger partial charge is 0.285 e. The third-order valence-electron chi connectivity index (χ3n) is 7.02. The highest BCUT2D eigenvalue weighted by atomic mass is 16.7. The number of imide groups is 1. The Balaban J connectivity index is 1.43. The summed E-state index contributed by atoms with van der Waals surface area (Å²) in [5, 5.41) is 8.32. The molecule has 1 unspecified atom stereocenters. The van der Waals surface area contributed by atoms with Crippen LogP contribution in [0.4, 0.5) is 0 Å². The van der Waals surface area contributed by atoms with E-state index in [2.05, 4.69) is 16.5 Å². The number of carbonyl (C=O) groups is 3. The Morgan fingerprint density at radius 3 is 2.19 bits per heavy atom. The highest BCUT2D eigenvalue weighted by Crippen LogP contribution is 2.29. The number of aryl methyl sites for hydroxylation is 2. The Hall–Kier alpha value is -4.76. The maximum Gasteiger partial charge on any atom is 0.285 e. The molecular formula is C33H34N4O5. The number of nitrogens with one attached hydrogen (secondary N) is 1. The van der Waals surface area contributed by atoms with Crippen LogP contribution in [0.25, 0.3) is 0 Å². The highest BCUT2D eigenvalue weighted by Gasteiger charge is 2.37. The minimum absolute atomic E-state index is 0.122. The second-order valence-corrected chi connectivity index (χ2v) is 11.4. The maximum atomic E-state index is 14.0. The van der Waals surface area contributed by atoms with E-state index in [1.165, 1.54) is 6.20 Å². The van der Waals surface area contributed by atoms with Crippen LogP contribution >= 0.6 is 0 Å². The van der Waals surface area contributed by atoms with Crippen molar-refractivity contribution in [1.29, 1.82) is 0 Å². The lowest BCUT2D eigenvalue weighted by molar-refractivity contribution is -0.0969. The number of benzene rings is 3. The predicted octanol–water partition coefficient (Wildman–Crippen LogP) is 5.62. The summed E-state index contributed by atoms with van der Waals surface area (Å²) >= 11 is 0. The van der Waals surface area contributed by atoms with E-state index >= 15 is 0 Å². The van der Waals surface area contributed by atoms with E-state index in [9.17, 15) is 14.4 Å². The Bertz CT molecular complexity index is 1600. The summed E-state index contributed by atoms with van der Waals surface area (Å²) in [6.45, 7) is 9.74. The average Bonchev–Trinajstić information content (AvgIpc) is 3.48. The van der Waals surface area contributed by atoms with Crippen LogP contribution in [0, 0.1) is 13.8 Å². The van der Waals surface area contributed by atoms with Gasteiger partial charge in [0, 0.05) is 0 Å². The number of aromatic nitrogens is 2. The summed E-state index contributed by atoms with van der Waals surface area (Å²) in [4.78, 5) is 45.6. The van der Waals surface area contributed by atoms with Crippen LogP contribution in [0.3, 0.4) is 0 Å². The first-order chi connectivity index (χ1) is 20.0. The minimum Gasteiger partial charge on any atom is -0.453 e. The van der Waals surface area contributed by atoms with Gasteiger partial charge < -0.3 is 10.1 Å². The summed E-state index contributed by atoms with van der Waals surface area (Å²) < 4.78 is 7.70. The van der Waals surface area contributed by atoms with Gasteiger partial charge in [-0.1, -0.05) is 54.1 Å². The number of carbonyl (C=O) groups excluding carboxylic acids is 3. The first-order valence-corrected chi connectivity index (χ1v) is 13.8. The third kappa shape index (κ3) is 5.96. The Labute approximate surface area is 245 Å². The van der Waals surface area contributed by atoms with Crippen molar-refractivity contribution in [3.05, 3.63) is 113 Å². The number of amides is 3. The van der Waals surface area contributed by atoms with Crippen molar-refractivity contribution in [3.8, 4) is 11.5 Å². The molecule has 216 valence electrons. The molecule has 42 heavy (non-hydrogen) atoms. The molecule has 1 aromatic heterocycles. The molecule has 0 fully saturated rings. The molecule has 1 aliphatic rings. The summed E-state index contributed by atoms with van der Waals surface area (Å²) in [7, 11) is 0. The van der Waals surface area contributed by atoms with Gasteiger partial charge in [-0.2, -0.15) is 5.10 Å². The van der Waals surface area contributed by atoms with E-state index < -0.39 is 29.3 Å². The molecule has 9 nitrogen and oxygen atoms in total. The zero-order chi connectivity index (χ0) is 30.0. The summed E-state index contributed by atoms with van der Waals surface area (Å²) in [6, 6.07) is 21.2. The van der Waals surface area contributed by atoms with E-state index in [-0.39, 0.29) is 23.4 Å². The number of nitrogens with zero attached hydrogens (tertiary/aromatic N) is 3. The largest absolute Gasteiger partial charge is 0.453 e. The van der Waals surface area contributed by atoms with Gasteiger partial charge in [0.05, 0.1) is 35.5 Å². The Morgan fingerprint density at radius 2 is 1.57 bits per heavy atom. The van der Waals surface area contributed by atoms with Crippen LogP contribution in [-0.4, -0.2) is 45.2 Å². The SMILES string of the molecule is Cc1ccc(CC(CON2C(=O)c3ccccc3C2=O)NC(=O)c2c(Oc3ccccc3)cnn2C(C)(C)C)c(C)c1. The molecule has 4 aromatic rings. The molecule has 3 amide bonds. The Kier molecular flexibility index (Phi) is 7.95. The molecule has 1 aliphatic heterocycles. The molecule has 1 atom stereocenters. The number of hydroxylamine groups is 2. The van der Waals surface area contributed by atoms with Gasteiger partial charge in [-0.15, -0.1) is 5.06 Å². The molecule has 0 aliphatic carbocycles. The van der Waals surface area contributed by atoms with Gasteiger partial charge >= 0.3 is 0 Å². The van der Waals surface area contributed by atoms with Crippen LogP contribution in [0.2, 0.25) is 0 Å². The zero-order valence-electron chi connectivity index (χ0n) is 24.4. The van der Waals surface area contributed by atoms with Gasteiger partial charge in [0.2, 0.25) is 0 Å². The van der Waals surface area contributed by atoms with E-state index in [1.54, 1.807) is 41.1 Å².